The lowest BCUT2D eigenvalue weighted by molar-refractivity contribution is -0.0444. The molecular weight excluding hydrogens is 248 g/mol. The Kier molecular flexibility index (Phi) is 3.66. The van der Waals surface area contributed by atoms with E-state index in [9.17, 15) is 4.79 Å². The highest BCUT2D eigenvalue weighted by atomic mass is 16.6. The molecule has 2 rings (SSSR count). The maximum Gasteiger partial charge on any atom is 0.410 e. The average Bonchev–Trinajstić information content (AvgIpc) is 2.73. The minimum absolute atomic E-state index is 0.288. The number of nitrogen functional groups attached to an aromatic ring is 1. The van der Waals surface area contributed by atoms with Crippen LogP contribution in [0, 0.1) is 0 Å². The molecule has 0 saturated carbocycles. The van der Waals surface area contributed by atoms with E-state index in [1.54, 1.807) is 4.90 Å². The topological polar surface area (TPSA) is 93.5 Å². The SMILES string of the molecule is CC(C)(C)OC(=O)N1CCOC(c2[nH]ncc2N)C1. The second-order valence-corrected chi connectivity index (χ2v) is 5.52. The summed E-state index contributed by atoms with van der Waals surface area (Å²) in [6.07, 6.45) is 0.910. The van der Waals surface area contributed by atoms with Gasteiger partial charge in [0.15, 0.2) is 0 Å². The predicted octanol–water partition coefficient (Wildman–Crippen LogP) is 1.30. The van der Waals surface area contributed by atoms with Crippen LogP contribution in [0.15, 0.2) is 6.20 Å². The van der Waals surface area contributed by atoms with Gasteiger partial charge in [-0.15, -0.1) is 0 Å². The first kappa shape index (κ1) is 13.7. The third-order valence-electron chi connectivity index (χ3n) is 2.74. The van der Waals surface area contributed by atoms with Gasteiger partial charge in [0, 0.05) is 6.54 Å². The number of aromatic nitrogens is 2. The molecule has 1 fully saturated rings. The molecule has 106 valence electrons. The molecular formula is C12H20N4O3. The summed E-state index contributed by atoms with van der Waals surface area (Å²) in [7, 11) is 0. The molecule has 1 aliphatic rings. The van der Waals surface area contributed by atoms with Crippen LogP contribution in [0.3, 0.4) is 0 Å². The van der Waals surface area contributed by atoms with Crippen LogP contribution in [0.25, 0.3) is 0 Å². The number of rotatable bonds is 1. The number of hydrogen-bond acceptors (Lipinski definition) is 5. The normalized spacial score (nSPS) is 20.4. The van der Waals surface area contributed by atoms with Crippen molar-refractivity contribution < 1.29 is 14.3 Å². The van der Waals surface area contributed by atoms with E-state index in [4.69, 9.17) is 15.2 Å². The third kappa shape index (κ3) is 3.37. The van der Waals surface area contributed by atoms with Gasteiger partial charge in [-0.2, -0.15) is 5.10 Å². The molecule has 19 heavy (non-hydrogen) atoms. The minimum atomic E-state index is -0.502. The molecule has 1 amide bonds. The molecule has 0 aromatic carbocycles. The lowest BCUT2D eigenvalue weighted by atomic mass is 10.2. The van der Waals surface area contributed by atoms with Crippen molar-refractivity contribution in [3.63, 3.8) is 0 Å². The second-order valence-electron chi connectivity index (χ2n) is 5.52. The molecule has 1 atom stereocenters. The van der Waals surface area contributed by atoms with E-state index < -0.39 is 5.60 Å². The standard InChI is InChI=1S/C12H20N4O3/c1-12(2,3)19-11(17)16-4-5-18-9(7-16)10-8(13)6-14-15-10/h6,9H,4-5,7,13H2,1-3H3,(H,14,15). The van der Waals surface area contributed by atoms with Gasteiger partial charge in [0.1, 0.15) is 11.7 Å². The number of ether oxygens (including phenoxy) is 2. The highest BCUT2D eigenvalue weighted by Gasteiger charge is 2.30. The Morgan fingerprint density at radius 2 is 2.37 bits per heavy atom. The molecule has 2 heterocycles. The highest BCUT2D eigenvalue weighted by molar-refractivity contribution is 5.68. The first-order chi connectivity index (χ1) is 8.87. The number of nitrogens with one attached hydrogen (secondary N) is 1. The molecule has 1 aliphatic heterocycles. The van der Waals surface area contributed by atoms with Crippen molar-refractivity contribution >= 4 is 11.8 Å². The van der Waals surface area contributed by atoms with E-state index in [2.05, 4.69) is 10.2 Å². The Morgan fingerprint density at radius 3 is 2.95 bits per heavy atom. The number of carbonyl (C=O) groups is 1. The summed E-state index contributed by atoms with van der Waals surface area (Å²) in [6, 6.07) is 0. The van der Waals surface area contributed by atoms with E-state index in [0.29, 0.717) is 31.1 Å². The van der Waals surface area contributed by atoms with Crippen LogP contribution in [0.1, 0.15) is 32.6 Å². The van der Waals surface area contributed by atoms with Gasteiger partial charge in [-0.1, -0.05) is 0 Å². The van der Waals surface area contributed by atoms with Gasteiger partial charge < -0.3 is 20.1 Å². The number of H-pyrrole nitrogens is 1. The van der Waals surface area contributed by atoms with Crippen LogP contribution in [-0.4, -0.2) is 46.5 Å². The van der Waals surface area contributed by atoms with Crippen molar-refractivity contribution in [2.75, 3.05) is 25.4 Å². The minimum Gasteiger partial charge on any atom is -0.444 e. The lowest BCUT2D eigenvalue weighted by Gasteiger charge is -2.33. The first-order valence-corrected chi connectivity index (χ1v) is 6.25. The summed E-state index contributed by atoms with van der Waals surface area (Å²) in [5, 5.41) is 6.67. The van der Waals surface area contributed by atoms with Crippen molar-refractivity contribution in [1.29, 1.82) is 0 Å². The molecule has 3 N–H and O–H groups in total. The molecule has 0 spiro atoms. The van der Waals surface area contributed by atoms with Crippen LogP contribution < -0.4 is 5.73 Å². The molecule has 1 saturated heterocycles. The Morgan fingerprint density at radius 1 is 1.63 bits per heavy atom. The fourth-order valence-electron chi connectivity index (χ4n) is 1.88. The van der Waals surface area contributed by atoms with E-state index in [1.165, 1.54) is 6.20 Å². The van der Waals surface area contributed by atoms with Gasteiger partial charge in [0.25, 0.3) is 0 Å². The predicted molar refractivity (Wildman–Crippen MR) is 69.5 cm³/mol. The maximum absolute atomic E-state index is 12.0. The smallest absolute Gasteiger partial charge is 0.410 e. The zero-order valence-electron chi connectivity index (χ0n) is 11.5. The van der Waals surface area contributed by atoms with Gasteiger partial charge in [-0.25, -0.2) is 4.79 Å². The number of nitrogens with zero attached hydrogens (tertiary/aromatic N) is 2. The Labute approximate surface area is 112 Å². The van der Waals surface area contributed by atoms with Crippen LogP contribution in [0.2, 0.25) is 0 Å². The van der Waals surface area contributed by atoms with Crippen LogP contribution in [0.5, 0.6) is 0 Å². The zero-order valence-corrected chi connectivity index (χ0v) is 11.5. The summed E-state index contributed by atoms with van der Waals surface area (Å²) >= 11 is 0. The third-order valence-corrected chi connectivity index (χ3v) is 2.74. The molecule has 1 aromatic heterocycles. The summed E-state index contributed by atoms with van der Waals surface area (Å²) in [4.78, 5) is 13.6. The molecule has 7 nitrogen and oxygen atoms in total. The van der Waals surface area contributed by atoms with Crippen molar-refractivity contribution in [1.82, 2.24) is 15.1 Å². The van der Waals surface area contributed by atoms with Crippen LogP contribution in [-0.2, 0) is 9.47 Å². The van der Waals surface area contributed by atoms with Crippen LogP contribution >= 0.6 is 0 Å². The van der Waals surface area contributed by atoms with E-state index in [1.807, 2.05) is 20.8 Å². The summed E-state index contributed by atoms with van der Waals surface area (Å²) in [6.45, 7) is 6.89. The Bertz CT molecular complexity index is 452. The summed E-state index contributed by atoms with van der Waals surface area (Å²) in [5.41, 5.74) is 6.52. The fraction of sp³-hybridized carbons (Fsp3) is 0.667. The van der Waals surface area contributed by atoms with Gasteiger partial charge in [0.05, 0.1) is 30.7 Å². The fourth-order valence-corrected chi connectivity index (χ4v) is 1.88. The monoisotopic (exact) mass is 268 g/mol. The quantitative estimate of drug-likeness (QED) is 0.800. The number of hydrogen-bond donors (Lipinski definition) is 2. The van der Waals surface area contributed by atoms with Crippen molar-refractivity contribution in [3.8, 4) is 0 Å². The van der Waals surface area contributed by atoms with Gasteiger partial charge in [0.2, 0.25) is 0 Å². The molecule has 7 heteroatoms. The maximum atomic E-state index is 12.0. The number of nitrogens with two attached hydrogens (primary N) is 1. The van der Waals surface area contributed by atoms with Gasteiger partial charge in [-0.3, -0.25) is 5.10 Å². The number of aromatic amines is 1. The van der Waals surface area contributed by atoms with Crippen molar-refractivity contribution in [3.05, 3.63) is 11.9 Å². The number of amides is 1. The van der Waals surface area contributed by atoms with Crippen molar-refractivity contribution in [2.45, 2.75) is 32.5 Å². The second kappa shape index (κ2) is 5.08. The zero-order chi connectivity index (χ0) is 14.0. The number of morpholine rings is 1. The van der Waals surface area contributed by atoms with Crippen LogP contribution in [0.4, 0.5) is 10.5 Å². The average molecular weight is 268 g/mol. The van der Waals surface area contributed by atoms with Crippen molar-refractivity contribution in [2.24, 2.45) is 0 Å². The Hall–Kier alpha value is -1.76. The van der Waals surface area contributed by atoms with E-state index in [-0.39, 0.29) is 12.2 Å². The number of carbonyl (C=O) groups excluding carboxylic acids is 1. The van der Waals surface area contributed by atoms with Gasteiger partial charge in [-0.05, 0) is 20.8 Å². The van der Waals surface area contributed by atoms with E-state index in [0.717, 1.165) is 0 Å². The summed E-state index contributed by atoms with van der Waals surface area (Å²) in [5.74, 6) is 0. The molecule has 1 unspecified atom stereocenters. The number of anilines is 1. The lowest BCUT2D eigenvalue weighted by Crippen LogP contribution is -2.44. The molecule has 0 bridgehead atoms. The van der Waals surface area contributed by atoms with E-state index >= 15 is 0 Å². The molecule has 0 radical (unpaired) electrons. The first-order valence-electron chi connectivity index (χ1n) is 6.25. The molecule has 1 aromatic rings. The molecule has 0 aliphatic carbocycles. The van der Waals surface area contributed by atoms with Gasteiger partial charge >= 0.3 is 6.09 Å². The Balaban J connectivity index is 2.01. The largest absolute Gasteiger partial charge is 0.444 e. The summed E-state index contributed by atoms with van der Waals surface area (Å²) < 4.78 is 11.0. The highest BCUT2D eigenvalue weighted by Crippen LogP contribution is 2.25.